The van der Waals surface area contributed by atoms with Gasteiger partial charge in [-0.3, -0.25) is 4.90 Å². The first kappa shape index (κ1) is 12.3. The van der Waals surface area contributed by atoms with Crippen molar-refractivity contribution in [3.8, 4) is 11.7 Å². The highest BCUT2D eigenvalue weighted by Gasteiger charge is 2.24. The number of hydrogen-bond acceptors (Lipinski definition) is 7. The van der Waals surface area contributed by atoms with E-state index in [9.17, 15) is 5.11 Å². The normalized spacial score (nSPS) is 20.8. The summed E-state index contributed by atoms with van der Waals surface area (Å²) in [6.45, 7) is 2.51. The summed E-state index contributed by atoms with van der Waals surface area (Å²) in [7, 11) is 0. The maximum Gasteiger partial charge on any atom is 0.293 e. The third-order valence-corrected chi connectivity index (χ3v) is 3.10. The minimum absolute atomic E-state index is 0.0145. The molecule has 7 heteroatoms. The third-order valence-electron chi connectivity index (χ3n) is 3.10. The molecule has 102 valence electrons. The van der Waals surface area contributed by atoms with Gasteiger partial charge in [-0.2, -0.15) is 4.98 Å². The van der Waals surface area contributed by atoms with Gasteiger partial charge < -0.3 is 18.8 Å². The predicted octanol–water partition coefficient (Wildman–Crippen LogP) is 0.523. The number of aliphatic hydroxyl groups is 1. The van der Waals surface area contributed by atoms with Crippen LogP contribution < -0.4 is 0 Å². The molecule has 2 aromatic heterocycles. The van der Waals surface area contributed by atoms with Crippen molar-refractivity contribution in [1.82, 2.24) is 15.0 Å². The van der Waals surface area contributed by atoms with E-state index in [-0.39, 0.29) is 12.6 Å². The number of nitrogens with zero attached hydrogens (tertiary/aromatic N) is 3. The molecule has 1 atom stereocenters. The molecule has 1 aliphatic rings. The van der Waals surface area contributed by atoms with Gasteiger partial charge in [0, 0.05) is 6.54 Å². The molecule has 2 aromatic rings. The summed E-state index contributed by atoms with van der Waals surface area (Å²) in [6.07, 6.45) is 1.56. The van der Waals surface area contributed by atoms with E-state index in [1.165, 1.54) is 0 Å². The number of hydrogen-bond donors (Lipinski definition) is 1. The second-order valence-electron chi connectivity index (χ2n) is 4.37. The summed E-state index contributed by atoms with van der Waals surface area (Å²) in [5.74, 6) is 1.50. The molecule has 1 saturated heterocycles. The number of morpholine rings is 1. The zero-order valence-electron chi connectivity index (χ0n) is 10.4. The fraction of sp³-hybridized carbons (Fsp3) is 0.500. The van der Waals surface area contributed by atoms with Crippen molar-refractivity contribution in [2.24, 2.45) is 0 Å². The van der Waals surface area contributed by atoms with Gasteiger partial charge in [0.2, 0.25) is 0 Å². The van der Waals surface area contributed by atoms with Crippen LogP contribution in [0.25, 0.3) is 11.7 Å². The van der Waals surface area contributed by atoms with Crippen molar-refractivity contribution >= 4 is 0 Å². The van der Waals surface area contributed by atoms with Crippen LogP contribution in [0.5, 0.6) is 0 Å². The minimum atomic E-state index is -0.0145. The molecule has 0 bridgehead atoms. The zero-order valence-corrected chi connectivity index (χ0v) is 10.4. The maximum atomic E-state index is 9.29. The highest BCUT2D eigenvalue weighted by Crippen LogP contribution is 2.18. The van der Waals surface area contributed by atoms with Gasteiger partial charge in [-0.15, -0.1) is 0 Å². The second kappa shape index (κ2) is 5.52. The molecule has 3 heterocycles. The van der Waals surface area contributed by atoms with E-state index < -0.39 is 0 Å². The van der Waals surface area contributed by atoms with Gasteiger partial charge in [0.25, 0.3) is 5.89 Å². The number of rotatable bonds is 4. The van der Waals surface area contributed by atoms with E-state index in [0.29, 0.717) is 37.2 Å². The maximum absolute atomic E-state index is 9.29. The Morgan fingerprint density at radius 3 is 3.21 bits per heavy atom. The molecule has 0 aliphatic carbocycles. The summed E-state index contributed by atoms with van der Waals surface area (Å²) in [5.41, 5.74) is 0. The Hall–Kier alpha value is -1.70. The summed E-state index contributed by atoms with van der Waals surface area (Å²) in [5, 5.41) is 13.2. The van der Waals surface area contributed by atoms with Crippen LogP contribution in [0.4, 0.5) is 0 Å². The van der Waals surface area contributed by atoms with Crippen LogP contribution in [0, 0.1) is 0 Å². The number of aromatic nitrogens is 2. The van der Waals surface area contributed by atoms with Crippen molar-refractivity contribution in [1.29, 1.82) is 0 Å². The van der Waals surface area contributed by atoms with Crippen molar-refractivity contribution in [2.45, 2.75) is 12.6 Å². The number of furan rings is 1. The Kier molecular flexibility index (Phi) is 3.58. The van der Waals surface area contributed by atoms with Gasteiger partial charge in [0.15, 0.2) is 11.6 Å². The molecule has 0 aromatic carbocycles. The highest BCUT2D eigenvalue weighted by atomic mass is 16.5. The topological polar surface area (TPSA) is 84.8 Å². The van der Waals surface area contributed by atoms with Gasteiger partial charge in [-0.25, -0.2) is 0 Å². The molecule has 0 saturated carbocycles. The minimum Gasteiger partial charge on any atom is -0.459 e. The first-order valence-electron chi connectivity index (χ1n) is 6.16. The highest BCUT2D eigenvalue weighted by molar-refractivity contribution is 5.42. The molecule has 3 rings (SSSR count). The first-order valence-corrected chi connectivity index (χ1v) is 6.16. The van der Waals surface area contributed by atoms with Crippen LogP contribution in [0.3, 0.4) is 0 Å². The fourth-order valence-corrected chi connectivity index (χ4v) is 2.07. The lowest BCUT2D eigenvalue weighted by molar-refractivity contribution is -0.0324. The Morgan fingerprint density at radius 2 is 2.42 bits per heavy atom. The number of aliphatic hydroxyl groups excluding tert-OH is 1. The molecule has 1 N–H and O–H groups in total. The van der Waals surface area contributed by atoms with E-state index in [4.69, 9.17) is 13.7 Å². The lowest BCUT2D eigenvalue weighted by Crippen LogP contribution is -2.47. The second-order valence-corrected chi connectivity index (χ2v) is 4.37. The Balaban J connectivity index is 1.69. The molecule has 0 amide bonds. The SMILES string of the molecule is OCC1COCCN1Cc1noc(-c2ccco2)n1. The van der Waals surface area contributed by atoms with E-state index >= 15 is 0 Å². The zero-order chi connectivity index (χ0) is 13.1. The van der Waals surface area contributed by atoms with Crippen LogP contribution >= 0.6 is 0 Å². The lowest BCUT2D eigenvalue weighted by Gasteiger charge is -2.33. The van der Waals surface area contributed by atoms with Crippen LogP contribution in [0.2, 0.25) is 0 Å². The van der Waals surface area contributed by atoms with E-state index in [1.54, 1.807) is 18.4 Å². The van der Waals surface area contributed by atoms with E-state index in [1.807, 2.05) is 0 Å². The summed E-state index contributed by atoms with van der Waals surface area (Å²) in [4.78, 5) is 6.36. The largest absolute Gasteiger partial charge is 0.459 e. The van der Waals surface area contributed by atoms with Crippen molar-refractivity contribution in [3.05, 3.63) is 24.2 Å². The summed E-state index contributed by atoms with van der Waals surface area (Å²) in [6, 6.07) is 3.52. The molecule has 1 aliphatic heterocycles. The fourth-order valence-electron chi connectivity index (χ4n) is 2.07. The van der Waals surface area contributed by atoms with Gasteiger partial charge in [-0.1, -0.05) is 5.16 Å². The summed E-state index contributed by atoms with van der Waals surface area (Å²) < 4.78 is 15.7. The van der Waals surface area contributed by atoms with Crippen molar-refractivity contribution in [2.75, 3.05) is 26.4 Å². The van der Waals surface area contributed by atoms with Crippen LogP contribution in [-0.4, -0.2) is 52.6 Å². The average Bonchev–Trinajstić information content (AvgIpc) is 3.09. The molecule has 1 fully saturated rings. The van der Waals surface area contributed by atoms with Gasteiger partial charge in [0.1, 0.15) is 0 Å². The lowest BCUT2D eigenvalue weighted by atomic mass is 10.2. The van der Waals surface area contributed by atoms with Crippen LogP contribution in [-0.2, 0) is 11.3 Å². The molecule has 0 radical (unpaired) electrons. The number of ether oxygens (including phenoxy) is 1. The van der Waals surface area contributed by atoms with E-state index in [0.717, 1.165) is 6.54 Å². The van der Waals surface area contributed by atoms with Gasteiger partial charge in [-0.05, 0) is 12.1 Å². The average molecular weight is 265 g/mol. The van der Waals surface area contributed by atoms with E-state index in [2.05, 4.69) is 15.0 Å². The molecular formula is C12H15N3O4. The molecular weight excluding hydrogens is 250 g/mol. The van der Waals surface area contributed by atoms with Gasteiger partial charge >= 0.3 is 0 Å². The molecule has 1 unspecified atom stereocenters. The Labute approximate surface area is 109 Å². The smallest absolute Gasteiger partial charge is 0.293 e. The molecule has 7 nitrogen and oxygen atoms in total. The first-order chi connectivity index (χ1) is 9.36. The monoisotopic (exact) mass is 265 g/mol. The molecule has 0 spiro atoms. The predicted molar refractivity (Wildman–Crippen MR) is 64.1 cm³/mol. The van der Waals surface area contributed by atoms with Crippen molar-refractivity contribution < 1.29 is 18.8 Å². The third kappa shape index (κ3) is 2.67. The Morgan fingerprint density at radius 1 is 1.47 bits per heavy atom. The molecule has 19 heavy (non-hydrogen) atoms. The van der Waals surface area contributed by atoms with Crippen LogP contribution in [0.1, 0.15) is 5.82 Å². The standard InChI is InChI=1S/C12H15N3O4/c16-7-9-8-17-5-3-15(9)6-11-13-12(19-14-11)10-2-1-4-18-10/h1-2,4,9,16H,3,5-8H2. The Bertz CT molecular complexity index is 511. The van der Waals surface area contributed by atoms with Crippen molar-refractivity contribution in [3.63, 3.8) is 0 Å². The quantitative estimate of drug-likeness (QED) is 0.862. The van der Waals surface area contributed by atoms with Crippen LogP contribution in [0.15, 0.2) is 27.3 Å². The van der Waals surface area contributed by atoms with Gasteiger partial charge in [0.05, 0.1) is 38.7 Å². The summed E-state index contributed by atoms with van der Waals surface area (Å²) >= 11 is 0.